The zero-order valence-electron chi connectivity index (χ0n) is 12.4. The van der Waals surface area contributed by atoms with Gasteiger partial charge in [0.15, 0.2) is 6.61 Å². The number of rotatable bonds is 9. The molecule has 1 aliphatic rings. The second-order valence-electron chi connectivity index (χ2n) is 5.28. The van der Waals surface area contributed by atoms with Gasteiger partial charge in [0.25, 0.3) is 0 Å². The molecule has 0 aromatic heterocycles. The number of benzene rings is 1. The van der Waals surface area contributed by atoms with Crippen LogP contribution in [-0.4, -0.2) is 25.2 Å². The lowest BCUT2D eigenvalue weighted by Crippen LogP contribution is -2.16. The summed E-state index contributed by atoms with van der Waals surface area (Å²) in [4.78, 5) is 11.5. The minimum atomic E-state index is -0.362. The lowest BCUT2D eigenvalue weighted by atomic mass is 10.2. The molecule has 4 nitrogen and oxygen atoms in total. The maximum atomic E-state index is 11.5. The van der Waals surface area contributed by atoms with Crippen LogP contribution in [0.25, 0.3) is 0 Å². The molecule has 0 atom stereocenters. The highest BCUT2D eigenvalue weighted by Gasteiger charge is 2.20. The van der Waals surface area contributed by atoms with E-state index in [2.05, 4.69) is 5.32 Å². The predicted octanol–water partition coefficient (Wildman–Crippen LogP) is 3.31. The van der Waals surface area contributed by atoms with Crippen molar-refractivity contribution in [2.45, 2.75) is 45.2 Å². The van der Waals surface area contributed by atoms with Crippen molar-refractivity contribution in [2.75, 3.05) is 13.2 Å². The van der Waals surface area contributed by atoms with Gasteiger partial charge in [0.1, 0.15) is 5.75 Å². The molecule has 116 valence electrons. The summed E-state index contributed by atoms with van der Waals surface area (Å²) < 4.78 is 10.4. The van der Waals surface area contributed by atoms with E-state index in [1.807, 2.05) is 19.1 Å². The molecule has 1 aromatic rings. The SMILES string of the molecule is CCCCOC(=O)COc1ccc(CNC2CC2)cc1Cl. The Morgan fingerprint density at radius 1 is 1.43 bits per heavy atom. The molecule has 1 aliphatic carbocycles. The van der Waals surface area contributed by atoms with Crippen LogP contribution < -0.4 is 10.1 Å². The minimum absolute atomic E-state index is 0.108. The second-order valence-corrected chi connectivity index (χ2v) is 5.69. The number of hydrogen-bond acceptors (Lipinski definition) is 4. The van der Waals surface area contributed by atoms with Crippen molar-refractivity contribution >= 4 is 17.6 Å². The van der Waals surface area contributed by atoms with Gasteiger partial charge in [-0.15, -0.1) is 0 Å². The lowest BCUT2D eigenvalue weighted by molar-refractivity contribution is -0.146. The summed E-state index contributed by atoms with van der Waals surface area (Å²) in [6.45, 7) is 3.19. The number of carbonyl (C=O) groups excluding carboxylic acids is 1. The number of unbranched alkanes of at least 4 members (excludes halogenated alkanes) is 1. The molecule has 1 aromatic carbocycles. The Bertz CT molecular complexity index is 475. The van der Waals surface area contributed by atoms with Crippen molar-refractivity contribution < 1.29 is 14.3 Å². The van der Waals surface area contributed by atoms with Gasteiger partial charge in [-0.3, -0.25) is 0 Å². The van der Waals surface area contributed by atoms with Gasteiger partial charge in [-0.2, -0.15) is 0 Å². The van der Waals surface area contributed by atoms with Crippen LogP contribution in [-0.2, 0) is 16.1 Å². The number of nitrogens with one attached hydrogen (secondary N) is 1. The summed E-state index contributed by atoms with van der Waals surface area (Å²) in [6.07, 6.45) is 4.38. The quantitative estimate of drug-likeness (QED) is 0.561. The molecule has 1 fully saturated rings. The molecule has 0 heterocycles. The molecule has 2 rings (SSSR count). The topological polar surface area (TPSA) is 47.6 Å². The lowest BCUT2D eigenvalue weighted by Gasteiger charge is -2.10. The smallest absolute Gasteiger partial charge is 0.344 e. The average Bonchev–Trinajstić information content (AvgIpc) is 3.28. The Labute approximate surface area is 130 Å². The molecule has 1 N–H and O–H groups in total. The first-order valence-corrected chi connectivity index (χ1v) is 7.87. The molecule has 0 bridgehead atoms. The fourth-order valence-electron chi connectivity index (χ4n) is 1.83. The van der Waals surface area contributed by atoms with Crippen molar-refractivity contribution in [2.24, 2.45) is 0 Å². The predicted molar refractivity (Wildman–Crippen MR) is 82.7 cm³/mol. The third-order valence-electron chi connectivity index (χ3n) is 3.27. The number of carbonyl (C=O) groups is 1. The van der Waals surface area contributed by atoms with Crippen molar-refractivity contribution in [3.05, 3.63) is 28.8 Å². The largest absolute Gasteiger partial charge is 0.480 e. The number of hydrogen-bond donors (Lipinski definition) is 1. The average molecular weight is 312 g/mol. The normalized spacial score (nSPS) is 14.0. The van der Waals surface area contributed by atoms with Gasteiger partial charge in [-0.05, 0) is 37.0 Å². The van der Waals surface area contributed by atoms with Crippen LogP contribution in [0.1, 0.15) is 38.2 Å². The molecular formula is C16H22ClNO3. The van der Waals surface area contributed by atoms with Crippen LogP contribution in [0.15, 0.2) is 18.2 Å². The molecule has 0 saturated heterocycles. The summed E-state index contributed by atoms with van der Waals surface area (Å²) in [7, 11) is 0. The van der Waals surface area contributed by atoms with E-state index in [4.69, 9.17) is 21.1 Å². The zero-order valence-corrected chi connectivity index (χ0v) is 13.1. The minimum Gasteiger partial charge on any atom is -0.480 e. The standard InChI is InChI=1S/C16H22ClNO3/c1-2-3-8-20-16(19)11-21-15-7-4-12(9-14(15)17)10-18-13-5-6-13/h4,7,9,13,18H,2-3,5-6,8,10-11H2,1H3. The van der Waals surface area contributed by atoms with Crippen LogP contribution in [0, 0.1) is 0 Å². The highest BCUT2D eigenvalue weighted by Crippen LogP contribution is 2.26. The molecule has 0 radical (unpaired) electrons. The number of ether oxygens (including phenoxy) is 2. The Morgan fingerprint density at radius 3 is 2.90 bits per heavy atom. The summed E-state index contributed by atoms with van der Waals surface area (Å²) in [6, 6.07) is 6.29. The molecule has 0 amide bonds. The maximum absolute atomic E-state index is 11.5. The summed E-state index contributed by atoms with van der Waals surface area (Å²) in [5.41, 5.74) is 1.12. The van der Waals surface area contributed by atoms with E-state index in [0.29, 0.717) is 23.4 Å². The first-order chi connectivity index (χ1) is 10.2. The number of esters is 1. The Morgan fingerprint density at radius 2 is 2.24 bits per heavy atom. The third kappa shape index (κ3) is 5.94. The van der Waals surface area contributed by atoms with E-state index < -0.39 is 0 Å². The van der Waals surface area contributed by atoms with E-state index in [9.17, 15) is 4.79 Å². The first kappa shape index (κ1) is 16.1. The summed E-state index contributed by atoms with van der Waals surface area (Å²) in [5, 5.41) is 3.94. The third-order valence-corrected chi connectivity index (χ3v) is 3.57. The van der Waals surface area contributed by atoms with Crippen molar-refractivity contribution in [3.8, 4) is 5.75 Å². The second kappa shape index (κ2) is 8.25. The van der Waals surface area contributed by atoms with Crippen LogP contribution in [0.4, 0.5) is 0 Å². The molecule has 0 unspecified atom stereocenters. The van der Waals surface area contributed by atoms with Gasteiger partial charge in [-0.25, -0.2) is 4.79 Å². The van der Waals surface area contributed by atoms with E-state index in [1.54, 1.807) is 6.07 Å². The number of halogens is 1. The fourth-order valence-corrected chi connectivity index (χ4v) is 2.09. The van der Waals surface area contributed by atoms with Gasteiger partial charge in [0.05, 0.1) is 11.6 Å². The highest BCUT2D eigenvalue weighted by molar-refractivity contribution is 6.32. The Balaban J connectivity index is 1.75. The van der Waals surface area contributed by atoms with E-state index in [0.717, 1.165) is 24.9 Å². The summed E-state index contributed by atoms with van der Waals surface area (Å²) in [5.74, 6) is 0.151. The van der Waals surface area contributed by atoms with Gasteiger partial charge < -0.3 is 14.8 Å². The maximum Gasteiger partial charge on any atom is 0.344 e. The van der Waals surface area contributed by atoms with E-state index >= 15 is 0 Å². The monoisotopic (exact) mass is 311 g/mol. The van der Waals surface area contributed by atoms with E-state index in [-0.39, 0.29) is 12.6 Å². The van der Waals surface area contributed by atoms with Crippen molar-refractivity contribution in [3.63, 3.8) is 0 Å². The summed E-state index contributed by atoms with van der Waals surface area (Å²) >= 11 is 6.17. The van der Waals surface area contributed by atoms with Gasteiger partial charge in [0, 0.05) is 12.6 Å². The van der Waals surface area contributed by atoms with Crippen LogP contribution >= 0.6 is 11.6 Å². The van der Waals surface area contributed by atoms with Crippen LogP contribution in [0.5, 0.6) is 5.75 Å². The van der Waals surface area contributed by atoms with Crippen molar-refractivity contribution in [1.82, 2.24) is 5.32 Å². The molecule has 21 heavy (non-hydrogen) atoms. The molecule has 0 spiro atoms. The van der Waals surface area contributed by atoms with Crippen molar-refractivity contribution in [1.29, 1.82) is 0 Å². The Hall–Kier alpha value is -1.26. The van der Waals surface area contributed by atoms with Gasteiger partial charge in [-0.1, -0.05) is 31.0 Å². The molecular weight excluding hydrogens is 290 g/mol. The zero-order chi connectivity index (χ0) is 15.1. The van der Waals surface area contributed by atoms with Crippen LogP contribution in [0.3, 0.4) is 0 Å². The molecule has 5 heteroatoms. The molecule has 1 saturated carbocycles. The molecule has 0 aliphatic heterocycles. The van der Waals surface area contributed by atoms with Gasteiger partial charge >= 0.3 is 5.97 Å². The first-order valence-electron chi connectivity index (χ1n) is 7.49. The fraction of sp³-hybridized carbons (Fsp3) is 0.562. The van der Waals surface area contributed by atoms with E-state index in [1.165, 1.54) is 12.8 Å². The highest BCUT2D eigenvalue weighted by atomic mass is 35.5. The van der Waals surface area contributed by atoms with Gasteiger partial charge in [0.2, 0.25) is 0 Å². The van der Waals surface area contributed by atoms with Crippen LogP contribution in [0.2, 0.25) is 5.02 Å². The Kier molecular flexibility index (Phi) is 6.33.